The van der Waals surface area contributed by atoms with E-state index in [1.54, 1.807) is 31.6 Å². The quantitative estimate of drug-likeness (QED) is 0.687. The molecule has 132 valence electrons. The number of carbonyl (C=O) groups is 1. The summed E-state index contributed by atoms with van der Waals surface area (Å²) >= 11 is 6.00. The number of aromatic nitrogens is 1. The van der Waals surface area contributed by atoms with Crippen LogP contribution in [-0.2, 0) is 11.2 Å². The molecule has 1 N–H and O–H groups in total. The Morgan fingerprint density at radius 2 is 1.77 bits per heavy atom. The van der Waals surface area contributed by atoms with Crippen LogP contribution in [-0.4, -0.2) is 18.0 Å². The molecule has 0 radical (unpaired) electrons. The SMILES string of the molecule is COc1ccccc1NC(=O)C(Cc1ccncc1)c1ccc(Cl)cc1. The summed E-state index contributed by atoms with van der Waals surface area (Å²) < 4.78 is 5.33. The van der Waals surface area contributed by atoms with Gasteiger partial charge in [-0.25, -0.2) is 0 Å². The topological polar surface area (TPSA) is 51.2 Å². The lowest BCUT2D eigenvalue weighted by Gasteiger charge is -2.18. The summed E-state index contributed by atoms with van der Waals surface area (Å²) in [6.45, 7) is 0. The van der Waals surface area contributed by atoms with Gasteiger partial charge >= 0.3 is 0 Å². The third kappa shape index (κ3) is 4.41. The first kappa shape index (κ1) is 18.0. The highest BCUT2D eigenvalue weighted by atomic mass is 35.5. The first-order chi connectivity index (χ1) is 12.7. The second-order valence-electron chi connectivity index (χ2n) is 5.85. The van der Waals surface area contributed by atoms with Crippen LogP contribution < -0.4 is 10.1 Å². The molecule has 4 nitrogen and oxygen atoms in total. The number of pyridine rings is 1. The zero-order valence-corrected chi connectivity index (χ0v) is 15.1. The lowest BCUT2D eigenvalue weighted by atomic mass is 9.91. The van der Waals surface area contributed by atoms with Gasteiger partial charge in [0.1, 0.15) is 5.75 Å². The standard InChI is InChI=1S/C21H19ClN2O2/c1-26-20-5-3-2-4-19(20)24-21(25)18(14-15-10-12-23-13-11-15)16-6-8-17(22)9-7-16/h2-13,18H,14H2,1H3,(H,24,25). The molecule has 0 aliphatic rings. The number of para-hydroxylation sites is 2. The third-order valence-corrected chi connectivity index (χ3v) is 4.39. The molecular weight excluding hydrogens is 348 g/mol. The minimum Gasteiger partial charge on any atom is -0.495 e. The van der Waals surface area contributed by atoms with Gasteiger partial charge in [0.2, 0.25) is 5.91 Å². The van der Waals surface area contributed by atoms with Gasteiger partial charge in [0.05, 0.1) is 18.7 Å². The Hall–Kier alpha value is -2.85. The number of hydrogen-bond donors (Lipinski definition) is 1. The number of rotatable bonds is 6. The van der Waals surface area contributed by atoms with E-state index in [0.29, 0.717) is 22.9 Å². The van der Waals surface area contributed by atoms with Crippen molar-refractivity contribution in [3.05, 3.63) is 89.2 Å². The van der Waals surface area contributed by atoms with E-state index in [4.69, 9.17) is 16.3 Å². The highest BCUT2D eigenvalue weighted by Crippen LogP contribution is 2.28. The van der Waals surface area contributed by atoms with Crippen LogP contribution in [0.4, 0.5) is 5.69 Å². The summed E-state index contributed by atoms with van der Waals surface area (Å²) in [6, 6.07) is 18.6. The number of carbonyl (C=O) groups excluding carboxylic acids is 1. The Morgan fingerprint density at radius 1 is 1.08 bits per heavy atom. The average molecular weight is 367 g/mol. The molecule has 3 rings (SSSR count). The molecule has 0 fully saturated rings. The van der Waals surface area contributed by atoms with E-state index in [1.165, 1.54) is 0 Å². The van der Waals surface area contributed by atoms with Gasteiger partial charge in [-0.1, -0.05) is 35.9 Å². The predicted octanol–water partition coefficient (Wildman–Crippen LogP) is 4.71. The maximum Gasteiger partial charge on any atom is 0.232 e. The molecule has 0 bridgehead atoms. The van der Waals surface area contributed by atoms with Gasteiger partial charge in [-0.05, 0) is 53.9 Å². The molecule has 0 saturated carbocycles. The van der Waals surface area contributed by atoms with Gasteiger partial charge in [0.25, 0.3) is 0 Å². The highest BCUT2D eigenvalue weighted by molar-refractivity contribution is 6.30. The minimum absolute atomic E-state index is 0.103. The summed E-state index contributed by atoms with van der Waals surface area (Å²) in [5.74, 6) is 0.160. The van der Waals surface area contributed by atoms with Crippen molar-refractivity contribution in [1.29, 1.82) is 0 Å². The molecule has 1 unspecified atom stereocenters. The van der Waals surface area contributed by atoms with Gasteiger partial charge in [-0.3, -0.25) is 9.78 Å². The van der Waals surface area contributed by atoms with Crippen molar-refractivity contribution in [1.82, 2.24) is 4.98 Å². The second-order valence-corrected chi connectivity index (χ2v) is 6.29. The number of benzene rings is 2. The fourth-order valence-electron chi connectivity index (χ4n) is 2.78. The van der Waals surface area contributed by atoms with Crippen LogP contribution in [0.25, 0.3) is 0 Å². The Labute approximate surface area is 157 Å². The summed E-state index contributed by atoms with van der Waals surface area (Å²) in [5, 5.41) is 3.62. The van der Waals surface area contributed by atoms with Gasteiger partial charge < -0.3 is 10.1 Å². The number of nitrogens with zero attached hydrogens (tertiary/aromatic N) is 1. The van der Waals surface area contributed by atoms with Crippen LogP contribution in [0.1, 0.15) is 17.0 Å². The number of methoxy groups -OCH3 is 1. The van der Waals surface area contributed by atoms with Crippen molar-refractivity contribution in [3.8, 4) is 5.75 Å². The smallest absolute Gasteiger partial charge is 0.232 e. The Morgan fingerprint density at radius 3 is 2.46 bits per heavy atom. The fraction of sp³-hybridized carbons (Fsp3) is 0.143. The van der Waals surface area contributed by atoms with Crippen LogP contribution >= 0.6 is 11.6 Å². The van der Waals surface area contributed by atoms with Crippen molar-refractivity contribution in [2.24, 2.45) is 0 Å². The van der Waals surface area contributed by atoms with Gasteiger partial charge in [-0.2, -0.15) is 0 Å². The van der Waals surface area contributed by atoms with Crippen molar-refractivity contribution in [2.45, 2.75) is 12.3 Å². The number of anilines is 1. The van der Waals surface area contributed by atoms with Gasteiger partial charge in [0.15, 0.2) is 0 Å². The largest absolute Gasteiger partial charge is 0.495 e. The predicted molar refractivity (Wildman–Crippen MR) is 104 cm³/mol. The summed E-state index contributed by atoms with van der Waals surface area (Å²) in [6.07, 6.45) is 4.02. The molecule has 0 aliphatic heterocycles. The monoisotopic (exact) mass is 366 g/mol. The molecule has 1 heterocycles. The molecular formula is C21H19ClN2O2. The van der Waals surface area contributed by atoms with E-state index in [9.17, 15) is 4.79 Å². The van der Waals surface area contributed by atoms with Crippen LogP contribution in [0.5, 0.6) is 5.75 Å². The number of halogens is 1. The molecule has 1 atom stereocenters. The maximum absolute atomic E-state index is 13.1. The van der Waals surface area contributed by atoms with E-state index < -0.39 is 0 Å². The van der Waals surface area contributed by atoms with Crippen molar-refractivity contribution in [3.63, 3.8) is 0 Å². The summed E-state index contributed by atoms with van der Waals surface area (Å²) in [4.78, 5) is 17.1. The molecule has 1 aromatic heterocycles. The molecule has 26 heavy (non-hydrogen) atoms. The molecule has 5 heteroatoms. The third-order valence-electron chi connectivity index (χ3n) is 4.14. The average Bonchev–Trinajstić information content (AvgIpc) is 2.68. The lowest BCUT2D eigenvalue weighted by Crippen LogP contribution is -2.23. The minimum atomic E-state index is -0.362. The van der Waals surface area contributed by atoms with Gasteiger partial charge in [0, 0.05) is 17.4 Å². The zero-order valence-electron chi connectivity index (χ0n) is 14.4. The Balaban J connectivity index is 1.89. The van der Waals surface area contributed by atoms with Crippen LogP contribution in [0.15, 0.2) is 73.1 Å². The molecule has 1 amide bonds. The highest BCUT2D eigenvalue weighted by Gasteiger charge is 2.22. The van der Waals surface area contributed by atoms with Crippen LogP contribution in [0, 0.1) is 0 Å². The molecule has 2 aromatic carbocycles. The number of amides is 1. The first-order valence-electron chi connectivity index (χ1n) is 8.25. The van der Waals surface area contributed by atoms with Crippen LogP contribution in [0.3, 0.4) is 0 Å². The van der Waals surface area contributed by atoms with E-state index in [0.717, 1.165) is 11.1 Å². The Kier molecular flexibility index (Phi) is 5.87. The molecule has 0 aliphatic carbocycles. The molecule has 0 spiro atoms. The van der Waals surface area contributed by atoms with E-state index in [2.05, 4.69) is 10.3 Å². The van der Waals surface area contributed by atoms with Crippen molar-refractivity contribution < 1.29 is 9.53 Å². The van der Waals surface area contributed by atoms with Crippen molar-refractivity contribution >= 4 is 23.2 Å². The fourth-order valence-corrected chi connectivity index (χ4v) is 2.91. The van der Waals surface area contributed by atoms with Crippen LogP contribution in [0.2, 0.25) is 5.02 Å². The number of nitrogens with one attached hydrogen (secondary N) is 1. The van der Waals surface area contributed by atoms with E-state index >= 15 is 0 Å². The summed E-state index contributed by atoms with van der Waals surface area (Å²) in [5.41, 5.74) is 2.59. The number of ether oxygens (including phenoxy) is 1. The number of hydrogen-bond acceptors (Lipinski definition) is 3. The summed E-state index contributed by atoms with van der Waals surface area (Å²) in [7, 11) is 1.58. The van der Waals surface area contributed by atoms with E-state index in [1.807, 2.05) is 48.5 Å². The molecule has 0 saturated heterocycles. The van der Waals surface area contributed by atoms with Gasteiger partial charge in [-0.15, -0.1) is 0 Å². The molecule has 3 aromatic rings. The first-order valence-corrected chi connectivity index (χ1v) is 8.63. The lowest BCUT2D eigenvalue weighted by molar-refractivity contribution is -0.117. The second kappa shape index (κ2) is 8.50. The van der Waals surface area contributed by atoms with Crippen molar-refractivity contribution in [2.75, 3.05) is 12.4 Å². The van der Waals surface area contributed by atoms with E-state index in [-0.39, 0.29) is 11.8 Å². The Bertz CT molecular complexity index is 867. The zero-order chi connectivity index (χ0) is 18.4. The maximum atomic E-state index is 13.1. The normalized spacial score (nSPS) is 11.6.